The molecule has 2 rings (SSSR count). The molecule has 0 radical (unpaired) electrons. The van der Waals surface area contributed by atoms with Crippen LogP contribution in [0, 0.1) is 5.82 Å². The van der Waals surface area contributed by atoms with E-state index in [0.717, 1.165) is 6.54 Å². The van der Waals surface area contributed by atoms with Gasteiger partial charge in [-0.1, -0.05) is 23.7 Å². The van der Waals surface area contributed by atoms with E-state index in [-0.39, 0.29) is 16.9 Å². The van der Waals surface area contributed by atoms with Crippen LogP contribution in [0.4, 0.5) is 4.39 Å². The van der Waals surface area contributed by atoms with E-state index in [1.54, 1.807) is 18.2 Å². The van der Waals surface area contributed by atoms with Gasteiger partial charge in [-0.05, 0) is 6.07 Å². The van der Waals surface area contributed by atoms with Gasteiger partial charge in [0.25, 0.3) is 0 Å². The van der Waals surface area contributed by atoms with Crippen LogP contribution >= 0.6 is 23.2 Å². The van der Waals surface area contributed by atoms with E-state index in [9.17, 15) is 4.39 Å². The van der Waals surface area contributed by atoms with E-state index in [1.807, 2.05) is 0 Å². The van der Waals surface area contributed by atoms with Crippen molar-refractivity contribution in [2.75, 3.05) is 25.6 Å². The van der Waals surface area contributed by atoms with Gasteiger partial charge in [-0.25, -0.2) is 4.39 Å². The van der Waals surface area contributed by atoms with Crippen LogP contribution in [0.1, 0.15) is 5.56 Å². The Morgan fingerprint density at radius 1 is 1.47 bits per heavy atom. The molecular formula is C12H14Cl2FNO. The predicted octanol–water partition coefficient (Wildman–Crippen LogP) is 2.92. The van der Waals surface area contributed by atoms with Crippen molar-refractivity contribution < 1.29 is 9.13 Å². The number of rotatable bonds is 3. The second-order valence-electron chi connectivity index (χ2n) is 4.07. The molecule has 0 aromatic heterocycles. The summed E-state index contributed by atoms with van der Waals surface area (Å²) in [6, 6.07) is 5.21. The summed E-state index contributed by atoms with van der Waals surface area (Å²) in [5.41, 5.74) is 0.606. The number of benzene rings is 1. The van der Waals surface area contributed by atoms with E-state index in [1.165, 1.54) is 0 Å². The third kappa shape index (κ3) is 3.10. The molecule has 94 valence electrons. The molecule has 1 fully saturated rings. The zero-order valence-electron chi connectivity index (χ0n) is 9.33. The Balaban J connectivity index is 2.11. The molecule has 0 spiro atoms. The van der Waals surface area contributed by atoms with Crippen LogP contribution < -0.4 is 0 Å². The lowest BCUT2D eigenvalue weighted by Crippen LogP contribution is -2.46. The van der Waals surface area contributed by atoms with Crippen molar-refractivity contribution in [3.63, 3.8) is 0 Å². The van der Waals surface area contributed by atoms with E-state index >= 15 is 0 Å². The quantitative estimate of drug-likeness (QED) is 0.788. The van der Waals surface area contributed by atoms with Gasteiger partial charge in [-0.3, -0.25) is 4.90 Å². The molecule has 0 amide bonds. The second-order valence-corrected chi connectivity index (χ2v) is 4.78. The summed E-state index contributed by atoms with van der Waals surface area (Å²) in [4.78, 5) is 2.13. The van der Waals surface area contributed by atoms with Gasteiger partial charge in [0.05, 0.1) is 18.2 Å². The number of alkyl halides is 1. The first kappa shape index (κ1) is 13.1. The molecule has 2 nitrogen and oxygen atoms in total. The zero-order valence-corrected chi connectivity index (χ0v) is 10.8. The fraction of sp³-hybridized carbons (Fsp3) is 0.500. The Morgan fingerprint density at radius 2 is 2.29 bits per heavy atom. The highest BCUT2D eigenvalue weighted by molar-refractivity contribution is 6.30. The van der Waals surface area contributed by atoms with Crippen molar-refractivity contribution in [1.29, 1.82) is 0 Å². The topological polar surface area (TPSA) is 12.5 Å². The van der Waals surface area contributed by atoms with Crippen molar-refractivity contribution in [1.82, 2.24) is 4.90 Å². The minimum Gasteiger partial charge on any atom is -0.378 e. The Kier molecular flexibility index (Phi) is 4.62. The van der Waals surface area contributed by atoms with Gasteiger partial charge < -0.3 is 4.74 Å². The van der Waals surface area contributed by atoms with Gasteiger partial charge in [0.2, 0.25) is 0 Å². The SMILES string of the molecule is Fc1c(Cl)cccc1CN1CCOCC1CCl. The van der Waals surface area contributed by atoms with Crippen molar-refractivity contribution in [3.8, 4) is 0 Å². The number of morpholine rings is 1. The number of ether oxygens (including phenoxy) is 1. The smallest absolute Gasteiger partial charge is 0.146 e. The van der Waals surface area contributed by atoms with Gasteiger partial charge in [-0.15, -0.1) is 11.6 Å². The molecular weight excluding hydrogens is 264 g/mol. The molecule has 17 heavy (non-hydrogen) atoms. The molecule has 1 aliphatic rings. The molecule has 1 aliphatic heterocycles. The van der Waals surface area contributed by atoms with Crippen LogP contribution in [0.15, 0.2) is 18.2 Å². The lowest BCUT2D eigenvalue weighted by Gasteiger charge is -2.34. The molecule has 1 heterocycles. The summed E-state index contributed by atoms with van der Waals surface area (Å²) >= 11 is 11.6. The van der Waals surface area contributed by atoms with E-state index < -0.39 is 0 Å². The van der Waals surface area contributed by atoms with Gasteiger partial charge in [0, 0.05) is 30.6 Å². The summed E-state index contributed by atoms with van der Waals surface area (Å²) in [6.45, 7) is 2.55. The first-order valence-corrected chi connectivity index (χ1v) is 6.44. The van der Waals surface area contributed by atoms with Crippen LogP contribution in [0.5, 0.6) is 0 Å². The second kappa shape index (κ2) is 6.01. The summed E-state index contributed by atoms with van der Waals surface area (Å²) < 4.78 is 19.1. The van der Waals surface area contributed by atoms with Gasteiger partial charge in [-0.2, -0.15) is 0 Å². The van der Waals surface area contributed by atoms with Gasteiger partial charge in [0.15, 0.2) is 0 Å². The molecule has 0 saturated carbocycles. The molecule has 1 aromatic rings. The van der Waals surface area contributed by atoms with Crippen molar-refractivity contribution in [3.05, 3.63) is 34.6 Å². The fourth-order valence-corrected chi connectivity index (χ4v) is 2.41. The Morgan fingerprint density at radius 3 is 3.06 bits per heavy atom. The van der Waals surface area contributed by atoms with Crippen LogP contribution in [0.3, 0.4) is 0 Å². The Labute approximate surface area is 110 Å². The number of hydrogen-bond acceptors (Lipinski definition) is 2. The lowest BCUT2D eigenvalue weighted by atomic mass is 10.1. The Bertz CT molecular complexity index is 389. The van der Waals surface area contributed by atoms with E-state index in [4.69, 9.17) is 27.9 Å². The first-order valence-electron chi connectivity index (χ1n) is 5.53. The molecule has 5 heteroatoms. The average Bonchev–Trinajstić information content (AvgIpc) is 2.35. The van der Waals surface area contributed by atoms with Crippen LogP contribution in [-0.2, 0) is 11.3 Å². The van der Waals surface area contributed by atoms with Gasteiger partial charge in [0.1, 0.15) is 5.82 Å². The highest BCUT2D eigenvalue weighted by atomic mass is 35.5. The largest absolute Gasteiger partial charge is 0.378 e. The molecule has 1 saturated heterocycles. The van der Waals surface area contributed by atoms with E-state index in [0.29, 0.717) is 31.2 Å². The minimum atomic E-state index is -0.339. The molecule has 1 atom stereocenters. The lowest BCUT2D eigenvalue weighted by molar-refractivity contribution is -0.00347. The number of nitrogens with zero attached hydrogens (tertiary/aromatic N) is 1. The number of halogens is 3. The van der Waals surface area contributed by atoms with Crippen molar-refractivity contribution in [2.45, 2.75) is 12.6 Å². The third-order valence-electron chi connectivity index (χ3n) is 2.93. The maximum atomic E-state index is 13.8. The van der Waals surface area contributed by atoms with Crippen molar-refractivity contribution >= 4 is 23.2 Å². The van der Waals surface area contributed by atoms with Crippen LogP contribution in [-0.4, -0.2) is 36.6 Å². The summed E-state index contributed by atoms with van der Waals surface area (Å²) in [5, 5.41) is 0.165. The standard InChI is InChI=1S/C12H14Cl2FNO/c13-6-10-8-17-5-4-16(10)7-9-2-1-3-11(14)12(9)15/h1-3,10H,4-8H2. The zero-order chi connectivity index (χ0) is 12.3. The molecule has 1 aromatic carbocycles. The maximum Gasteiger partial charge on any atom is 0.146 e. The summed E-state index contributed by atoms with van der Waals surface area (Å²) in [5.74, 6) is 0.149. The fourth-order valence-electron chi connectivity index (χ4n) is 1.93. The Hall–Kier alpha value is -0.350. The molecule has 1 unspecified atom stereocenters. The van der Waals surface area contributed by atoms with Gasteiger partial charge >= 0.3 is 0 Å². The highest BCUT2D eigenvalue weighted by Gasteiger charge is 2.23. The van der Waals surface area contributed by atoms with Crippen LogP contribution in [0.2, 0.25) is 5.02 Å². The first-order chi connectivity index (χ1) is 8.22. The van der Waals surface area contributed by atoms with Crippen LogP contribution in [0.25, 0.3) is 0 Å². The summed E-state index contributed by atoms with van der Waals surface area (Å²) in [7, 11) is 0. The highest BCUT2D eigenvalue weighted by Crippen LogP contribution is 2.21. The monoisotopic (exact) mass is 277 g/mol. The minimum absolute atomic E-state index is 0.142. The summed E-state index contributed by atoms with van der Waals surface area (Å²) in [6.07, 6.45) is 0. The average molecular weight is 278 g/mol. The third-order valence-corrected chi connectivity index (χ3v) is 3.58. The predicted molar refractivity (Wildman–Crippen MR) is 67.1 cm³/mol. The van der Waals surface area contributed by atoms with Crippen molar-refractivity contribution in [2.24, 2.45) is 0 Å². The molecule has 0 aliphatic carbocycles. The molecule has 0 N–H and O–H groups in total. The number of hydrogen-bond donors (Lipinski definition) is 0. The normalized spacial score (nSPS) is 21.7. The van der Waals surface area contributed by atoms with E-state index in [2.05, 4.69) is 4.90 Å². The molecule has 0 bridgehead atoms. The maximum absolute atomic E-state index is 13.8.